The maximum atomic E-state index is 12.3. The van der Waals surface area contributed by atoms with Crippen LogP contribution in [0.25, 0.3) is 10.9 Å². The van der Waals surface area contributed by atoms with Crippen LogP contribution in [-0.2, 0) is 17.9 Å². The van der Waals surface area contributed by atoms with Crippen LogP contribution in [0.2, 0.25) is 0 Å². The zero-order chi connectivity index (χ0) is 16.9. The van der Waals surface area contributed by atoms with E-state index in [0.717, 1.165) is 5.56 Å². The number of benzene rings is 2. The summed E-state index contributed by atoms with van der Waals surface area (Å²) in [5, 5.41) is 11.2. The average Bonchev–Trinajstić information content (AvgIpc) is 2.61. The Bertz CT molecular complexity index is 916. The number of nitrogens with one attached hydrogen (secondary N) is 1. The summed E-state index contributed by atoms with van der Waals surface area (Å²) >= 11 is 0. The molecule has 0 bridgehead atoms. The third-order valence-corrected chi connectivity index (χ3v) is 3.79. The fourth-order valence-corrected chi connectivity index (χ4v) is 2.37. The number of amides is 1. The largest absolute Gasteiger partial charge is 0.352 e. The summed E-state index contributed by atoms with van der Waals surface area (Å²) in [6.07, 6.45) is 0.179. The van der Waals surface area contributed by atoms with Gasteiger partial charge in [-0.1, -0.05) is 47.2 Å². The highest BCUT2D eigenvalue weighted by molar-refractivity contribution is 5.77. The molecule has 0 saturated heterocycles. The summed E-state index contributed by atoms with van der Waals surface area (Å²) in [6, 6.07) is 15.0. The molecule has 0 radical (unpaired) electrons. The smallest absolute Gasteiger partial charge is 0.277 e. The van der Waals surface area contributed by atoms with E-state index in [4.69, 9.17) is 0 Å². The van der Waals surface area contributed by atoms with E-state index in [9.17, 15) is 9.59 Å². The minimum absolute atomic E-state index is 0.127. The lowest BCUT2D eigenvalue weighted by molar-refractivity contribution is -0.121. The molecule has 6 heteroatoms. The van der Waals surface area contributed by atoms with E-state index in [-0.39, 0.29) is 24.4 Å². The van der Waals surface area contributed by atoms with Crippen molar-refractivity contribution in [3.05, 3.63) is 70.0 Å². The minimum atomic E-state index is -0.230. The maximum absolute atomic E-state index is 12.3. The molecule has 1 amide bonds. The number of fused-ring (bicyclic) bond motifs is 1. The molecule has 0 unspecified atom stereocenters. The predicted molar refractivity (Wildman–Crippen MR) is 91.4 cm³/mol. The minimum Gasteiger partial charge on any atom is -0.352 e. The Hall–Kier alpha value is -3.02. The van der Waals surface area contributed by atoms with Crippen molar-refractivity contribution in [2.75, 3.05) is 0 Å². The maximum Gasteiger partial charge on any atom is 0.277 e. The summed E-state index contributed by atoms with van der Waals surface area (Å²) in [5.41, 5.74) is 2.55. The quantitative estimate of drug-likeness (QED) is 0.777. The molecular weight excluding hydrogens is 304 g/mol. The van der Waals surface area contributed by atoms with Gasteiger partial charge in [-0.2, -0.15) is 0 Å². The molecule has 24 heavy (non-hydrogen) atoms. The fraction of sp³-hybridized carbons (Fsp3) is 0.222. The highest BCUT2D eigenvalue weighted by Gasteiger charge is 2.07. The molecule has 0 saturated carbocycles. The average molecular weight is 322 g/mol. The van der Waals surface area contributed by atoms with E-state index in [1.165, 1.54) is 10.2 Å². The molecule has 1 N–H and O–H groups in total. The number of hydrogen-bond donors (Lipinski definition) is 1. The van der Waals surface area contributed by atoms with Gasteiger partial charge in [0.1, 0.15) is 5.52 Å². The van der Waals surface area contributed by atoms with Gasteiger partial charge in [-0.05, 0) is 24.6 Å². The molecule has 122 valence electrons. The number of nitrogens with zero attached hydrogens (tertiary/aromatic N) is 3. The first-order valence-corrected chi connectivity index (χ1v) is 7.78. The van der Waals surface area contributed by atoms with E-state index in [2.05, 4.69) is 15.6 Å². The lowest BCUT2D eigenvalue weighted by Crippen LogP contribution is -2.29. The number of carbonyl (C=O) groups is 1. The highest BCUT2D eigenvalue weighted by atomic mass is 16.2. The zero-order valence-corrected chi connectivity index (χ0v) is 13.4. The van der Waals surface area contributed by atoms with Crippen molar-refractivity contribution in [3.63, 3.8) is 0 Å². The Morgan fingerprint density at radius 1 is 1.12 bits per heavy atom. The van der Waals surface area contributed by atoms with Crippen molar-refractivity contribution in [1.82, 2.24) is 20.3 Å². The van der Waals surface area contributed by atoms with Crippen molar-refractivity contribution >= 4 is 16.8 Å². The van der Waals surface area contributed by atoms with Gasteiger partial charge in [0.15, 0.2) is 0 Å². The molecule has 1 aromatic heterocycles. The second-order valence-electron chi connectivity index (χ2n) is 5.65. The van der Waals surface area contributed by atoms with Crippen LogP contribution in [0.3, 0.4) is 0 Å². The Labute approximate surface area is 139 Å². The van der Waals surface area contributed by atoms with Gasteiger partial charge in [0.05, 0.1) is 11.9 Å². The van der Waals surface area contributed by atoms with Gasteiger partial charge in [0, 0.05) is 13.0 Å². The van der Waals surface area contributed by atoms with E-state index < -0.39 is 0 Å². The van der Waals surface area contributed by atoms with Crippen LogP contribution < -0.4 is 10.9 Å². The van der Waals surface area contributed by atoms with Crippen molar-refractivity contribution in [2.24, 2.45) is 0 Å². The monoisotopic (exact) mass is 322 g/mol. The molecule has 0 aliphatic carbocycles. The van der Waals surface area contributed by atoms with Crippen LogP contribution in [0.4, 0.5) is 0 Å². The number of aromatic nitrogens is 3. The van der Waals surface area contributed by atoms with E-state index in [1.807, 2.05) is 31.2 Å². The topological polar surface area (TPSA) is 76.9 Å². The molecule has 0 atom stereocenters. The first-order chi connectivity index (χ1) is 11.6. The molecule has 0 fully saturated rings. The van der Waals surface area contributed by atoms with Crippen molar-refractivity contribution in [2.45, 2.75) is 26.4 Å². The molecule has 3 rings (SSSR count). The first-order valence-electron chi connectivity index (χ1n) is 7.78. The normalized spacial score (nSPS) is 10.7. The van der Waals surface area contributed by atoms with Gasteiger partial charge in [-0.15, -0.1) is 5.10 Å². The Morgan fingerprint density at radius 3 is 2.67 bits per heavy atom. The SMILES string of the molecule is Cc1ccc(CNC(=O)CCn2nnc3ccccc3c2=O)cc1. The molecule has 0 spiro atoms. The summed E-state index contributed by atoms with van der Waals surface area (Å²) in [4.78, 5) is 24.2. The van der Waals surface area contributed by atoms with E-state index >= 15 is 0 Å². The van der Waals surface area contributed by atoms with Gasteiger partial charge in [0.2, 0.25) is 5.91 Å². The van der Waals surface area contributed by atoms with Gasteiger partial charge < -0.3 is 5.32 Å². The summed E-state index contributed by atoms with van der Waals surface area (Å²) in [7, 11) is 0. The Balaban J connectivity index is 1.59. The third-order valence-electron chi connectivity index (χ3n) is 3.79. The lowest BCUT2D eigenvalue weighted by Gasteiger charge is -2.07. The van der Waals surface area contributed by atoms with Crippen molar-refractivity contribution < 1.29 is 4.79 Å². The molecule has 3 aromatic rings. The molecule has 1 heterocycles. The van der Waals surface area contributed by atoms with E-state index in [1.54, 1.807) is 24.3 Å². The van der Waals surface area contributed by atoms with Crippen LogP contribution in [0.5, 0.6) is 0 Å². The number of carbonyl (C=O) groups excluding carboxylic acids is 1. The molecule has 6 nitrogen and oxygen atoms in total. The molecule has 2 aromatic carbocycles. The molecule has 0 aliphatic rings. The number of hydrogen-bond acceptors (Lipinski definition) is 4. The summed E-state index contributed by atoms with van der Waals surface area (Å²) in [6.45, 7) is 2.69. The van der Waals surface area contributed by atoms with Gasteiger partial charge in [0.25, 0.3) is 5.56 Å². The van der Waals surface area contributed by atoms with Crippen LogP contribution in [0, 0.1) is 6.92 Å². The van der Waals surface area contributed by atoms with Crippen LogP contribution in [0.1, 0.15) is 17.5 Å². The number of rotatable bonds is 5. The van der Waals surface area contributed by atoms with Gasteiger partial charge in [-0.3, -0.25) is 9.59 Å². The zero-order valence-electron chi connectivity index (χ0n) is 13.4. The van der Waals surface area contributed by atoms with E-state index in [0.29, 0.717) is 17.4 Å². The predicted octanol–water partition coefficient (Wildman–Crippen LogP) is 1.81. The molecular formula is C18H18N4O2. The Morgan fingerprint density at radius 2 is 1.88 bits per heavy atom. The molecule has 0 aliphatic heterocycles. The number of aryl methyl sites for hydroxylation is 2. The van der Waals surface area contributed by atoms with Gasteiger partial charge in [-0.25, -0.2) is 4.68 Å². The third kappa shape index (κ3) is 3.65. The van der Waals surface area contributed by atoms with Crippen LogP contribution in [0.15, 0.2) is 53.3 Å². The van der Waals surface area contributed by atoms with Crippen molar-refractivity contribution in [1.29, 1.82) is 0 Å². The second kappa shape index (κ2) is 7.04. The fourth-order valence-electron chi connectivity index (χ4n) is 2.37. The first kappa shape index (κ1) is 15.9. The second-order valence-corrected chi connectivity index (χ2v) is 5.65. The summed E-state index contributed by atoms with van der Waals surface area (Å²) in [5.74, 6) is -0.127. The summed E-state index contributed by atoms with van der Waals surface area (Å²) < 4.78 is 1.23. The van der Waals surface area contributed by atoms with Crippen LogP contribution >= 0.6 is 0 Å². The van der Waals surface area contributed by atoms with Crippen molar-refractivity contribution in [3.8, 4) is 0 Å². The van der Waals surface area contributed by atoms with Crippen LogP contribution in [-0.4, -0.2) is 20.9 Å². The lowest BCUT2D eigenvalue weighted by atomic mass is 10.1. The Kier molecular flexibility index (Phi) is 4.65. The standard InChI is InChI=1S/C18H18N4O2/c1-13-6-8-14(9-7-13)12-19-17(23)10-11-22-18(24)15-4-2-3-5-16(15)20-21-22/h2-9H,10-12H2,1H3,(H,19,23). The van der Waals surface area contributed by atoms with Gasteiger partial charge >= 0.3 is 0 Å². The highest BCUT2D eigenvalue weighted by Crippen LogP contribution is 2.04.